The molecule has 23 heavy (non-hydrogen) atoms. The smallest absolute Gasteiger partial charge is 0.232 e. The molecule has 2 heterocycles. The van der Waals surface area contributed by atoms with Crippen molar-refractivity contribution in [3.63, 3.8) is 0 Å². The molecule has 1 aromatic heterocycles. The summed E-state index contributed by atoms with van der Waals surface area (Å²) in [5.41, 5.74) is 7.33. The molecule has 3 N–H and O–H groups in total. The van der Waals surface area contributed by atoms with E-state index in [0.29, 0.717) is 19.0 Å². The quantitative estimate of drug-likeness (QED) is 0.824. The van der Waals surface area contributed by atoms with Crippen LogP contribution in [-0.4, -0.2) is 65.5 Å². The summed E-state index contributed by atoms with van der Waals surface area (Å²) in [6.45, 7) is 2.68. The van der Waals surface area contributed by atoms with E-state index in [1.165, 1.54) is 0 Å². The number of likely N-dealkylation sites (tertiary alicyclic amines) is 1. The average molecular weight is 318 g/mol. The van der Waals surface area contributed by atoms with Crippen LogP contribution in [0.2, 0.25) is 0 Å². The molecule has 2 aromatic rings. The van der Waals surface area contributed by atoms with Crippen LogP contribution >= 0.6 is 0 Å². The number of ether oxygens (including phenoxy) is 2. The van der Waals surface area contributed by atoms with Crippen molar-refractivity contribution in [1.29, 1.82) is 0 Å². The molecule has 1 aromatic carbocycles. The molecule has 0 saturated carbocycles. The molecule has 1 fully saturated rings. The number of hydrogen-bond donors (Lipinski definition) is 2. The van der Waals surface area contributed by atoms with Gasteiger partial charge in [-0.3, -0.25) is 4.90 Å². The largest absolute Gasteiger partial charge is 0.497 e. The standard InChI is InChI=1S/C16H22N4O3/c1-22-11-2-3-13-14(8-11)19-16(9-18-13)23-7-6-20-5-4-12(17)15(21)10-20/h2-3,8-9,12,15,21H,4-7,10,17H2,1H3/t12?,15-/m1/s1. The normalized spacial score (nSPS) is 22.2. The predicted molar refractivity (Wildman–Crippen MR) is 86.6 cm³/mol. The van der Waals surface area contributed by atoms with Crippen LogP contribution in [0.5, 0.6) is 11.6 Å². The van der Waals surface area contributed by atoms with E-state index in [0.717, 1.165) is 36.3 Å². The average Bonchev–Trinajstić information content (AvgIpc) is 2.57. The summed E-state index contributed by atoms with van der Waals surface area (Å²) in [5.74, 6) is 1.22. The van der Waals surface area contributed by atoms with Crippen LogP contribution in [0.4, 0.5) is 0 Å². The van der Waals surface area contributed by atoms with E-state index in [1.54, 1.807) is 13.3 Å². The third-order valence-electron chi connectivity index (χ3n) is 4.10. The monoisotopic (exact) mass is 318 g/mol. The number of aliphatic hydroxyl groups excluding tert-OH is 1. The Hall–Kier alpha value is -1.96. The Morgan fingerprint density at radius 2 is 2.26 bits per heavy atom. The zero-order valence-corrected chi connectivity index (χ0v) is 13.2. The molecule has 124 valence electrons. The molecule has 1 aliphatic heterocycles. The molecule has 7 heteroatoms. The van der Waals surface area contributed by atoms with Gasteiger partial charge in [-0.05, 0) is 25.1 Å². The van der Waals surface area contributed by atoms with Crippen molar-refractivity contribution in [3.05, 3.63) is 24.4 Å². The Morgan fingerprint density at radius 3 is 3.04 bits per heavy atom. The lowest BCUT2D eigenvalue weighted by molar-refractivity contribution is 0.0471. The Kier molecular flexibility index (Phi) is 4.90. The first kappa shape index (κ1) is 15.9. The van der Waals surface area contributed by atoms with Crippen molar-refractivity contribution in [2.45, 2.75) is 18.6 Å². The summed E-state index contributed by atoms with van der Waals surface area (Å²) < 4.78 is 10.9. The first-order valence-corrected chi connectivity index (χ1v) is 7.75. The first-order valence-electron chi connectivity index (χ1n) is 7.75. The minimum atomic E-state index is -0.461. The number of hydrogen-bond acceptors (Lipinski definition) is 7. The number of nitrogens with zero attached hydrogens (tertiary/aromatic N) is 3. The first-order chi connectivity index (χ1) is 11.2. The number of aliphatic hydroxyl groups is 1. The molecule has 2 atom stereocenters. The van der Waals surface area contributed by atoms with Gasteiger partial charge in [-0.25, -0.2) is 9.97 Å². The highest BCUT2D eigenvalue weighted by Crippen LogP contribution is 2.19. The van der Waals surface area contributed by atoms with E-state index >= 15 is 0 Å². The van der Waals surface area contributed by atoms with Gasteiger partial charge < -0.3 is 20.3 Å². The predicted octanol–water partition coefficient (Wildman–Crippen LogP) is 0.411. The maximum absolute atomic E-state index is 9.79. The lowest BCUT2D eigenvalue weighted by Gasteiger charge is -2.33. The highest BCUT2D eigenvalue weighted by atomic mass is 16.5. The van der Waals surface area contributed by atoms with Gasteiger partial charge in [-0.1, -0.05) is 0 Å². The van der Waals surface area contributed by atoms with E-state index in [9.17, 15) is 5.11 Å². The van der Waals surface area contributed by atoms with Crippen molar-refractivity contribution in [1.82, 2.24) is 14.9 Å². The fourth-order valence-corrected chi connectivity index (χ4v) is 2.67. The van der Waals surface area contributed by atoms with Crippen LogP contribution in [0, 0.1) is 0 Å². The van der Waals surface area contributed by atoms with Crippen LogP contribution < -0.4 is 15.2 Å². The number of aromatic nitrogens is 2. The Labute approximate surface area is 135 Å². The Bertz CT molecular complexity index is 667. The maximum Gasteiger partial charge on any atom is 0.232 e. The number of benzene rings is 1. The third kappa shape index (κ3) is 3.87. The molecule has 0 radical (unpaired) electrons. The molecule has 1 unspecified atom stereocenters. The zero-order valence-electron chi connectivity index (χ0n) is 13.2. The van der Waals surface area contributed by atoms with E-state index in [4.69, 9.17) is 15.2 Å². The molecule has 1 aliphatic rings. The lowest BCUT2D eigenvalue weighted by Crippen LogP contribution is -2.51. The van der Waals surface area contributed by atoms with Crippen LogP contribution in [0.1, 0.15) is 6.42 Å². The lowest BCUT2D eigenvalue weighted by atomic mass is 10.0. The molecule has 0 spiro atoms. The number of fused-ring (bicyclic) bond motifs is 1. The van der Waals surface area contributed by atoms with Gasteiger partial charge in [-0.2, -0.15) is 0 Å². The van der Waals surface area contributed by atoms with E-state index in [1.807, 2.05) is 18.2 Å². The van der Waals surface area contributed by atoms with E-state index in [2.05, 4.69) is 14.9 Å². The fourth-order valence-electron chi connectivity index (χ4n) is 2.67. The van der Waals surface area contributed by atoms with Crippen LogP contribution in [0.15, 0.2) is 24.4 Å². The minimum absolute atomic E-state index is 0.117. The molecular formula is C16H22N4O3. The fraction of sp³-hybridized carbons (Fsp3) is 0.500. The van der Waals surface area contributed by atoms with Crippen molar-refractivity contribution in [3.8, 4) is 11.6 Å². The highest BCUT2D eigenvalue weighted by Gasteiger charge is 2.24. The van der Waals surface area contributed by atoms with Gasteiger partial charge in [0.05, 0.1) is 30.4 Å². The molecule has 0 amide bonds. The number of nitrogens with two attached hydrogens (primary N) is 1. The second-order valence-electron chi connectivity index (χ2n) is 5.73. The molecule has 3 rings (SSSR count). The maximum atomic E-state index is 9.79. The van der Waals surface area contributed by atoms with Gasteiger partial charge >= 0.3 is 0 Å². The molecule has 7 nitrogen and oxygen atoms in total. The Morgan fingerprint density at radius 1 is 1.39 bits per heavy atom. The van der Waals surface area contributed by atoms with Crippen LogP contribution in [0.25, 0.3) is 11.0 Å². The SMILES string of the molecule is COc1ccc2ncc(OCCN3CCC(N)[C@H](O)C3)nc2c1. The van der Waals surface area contributed by atoms with Crippen molar-refractivity contribution >= 4 is 11.0 Å². The van der Waals surface area contributed by atoms with Gasteiger partial charge in [0.25, 0.3) is 0 Å². The van der Waals surface area contributed by atoms with E-state index < -0.39 is 6.10 Å². The summed E-state index contributed by atoms with van der Waals surface area (Å²) >= 11 is 0. The van der Waals surface area contributed by atoms with Gasteiger partial charge in [0.2, 0.25) is 5.88 Å². The van der Waals surface area contributed by atoms with Crippen molar-refractivity contribution < 1.29 is 14.6 Å². The summed E-state index contributed by atoms with van der Waals surface area (Å²) in [7, 11) is 1.62. The van der Waals surface area contributed by atoms with Crippen molar-refractivity contribution in [2.75, 3.05) is 33.4 Å². The molecular weight excluding hydrogens is 296 g/mol. The second kappa shape index (κ2) is 7.08. The van der Waals surface area contributed by atoms with Gasteiger partial charge in [0.1, 0.15) is 12.4 Å². The van der Waals surface area contributed by atoms with Gasteiger partial charge in [0.15, 0.2) is 0 Å². The minimum Gasteiger partial charge on any atom is -0.497 e. The summed E-state index contributed by atoms with van der Waals surface area (Å²) in [6, 6.07) is 5.43. The van der Waals surface area contributed by atoms with E-state index in [-0.39, 0.29) is 6.04 Å². The van der Waals surface area contributed by atoms with Crippen LogP contribution in [0.3, 0.4) is 0 Å². The number of β-amino-alcohol motifs (C(OH)–C–C–N with tert-alkyl or cyclic N) is 1. The summed E-state index contributed by atoms with van der Waals surface area (Å²) in [6.07, 6.45) is 1.96. The van der Waals surface area contributed by atoms with Gasteiger partial charge in [0, 0.05) is 25.2 Å². The zero-order chi connectivity index (χ0) is 16.2. The summed E-state index contributed by atoms with van der Waals surface area (Å²) in [5, 5.41) is 9.79. The van der Waals surface area contributed by atoms with Crippen LogP contribution in [-0.2, 0) is 0 Å². The van der Waals surface area contributed by atoms with Crippen molar-refractivity contribution in [2.24, 2.45) is 5.73 Å². The topological polar surface area (TPSA) is 93.7 Å². The molecule has 0 bridgehead atoms. The molecule has 1 saturated heterocycles. The highest BCUT2D eigenvalue weighted by molar-refractivity contribution is 5.76. The number of piperidine rings is 1. The third-order valence-corrected chi connectivity index (χ3v) is 4.10. The molecule has 0 aliphatic carbocycles. The number of methoxy groups -OCH3 is 1. The summed E-state index contributed by atoms with van der Waals surface area (Å²) in [4.78, 5) is 10.9. The number of rotatable bonds is 5. The van der Waals surface area contributed by atoms with Gasteiger partial charge in [-0.15, -0.1) is 0 Å². The Balaban J connectivity index is 1.57. The second-order valence-corrected chi connectivity index (χ2v) is 5.73.